The molecule has 1 aliphatic carbocycles. The molecule has 0 radical (unpaired) electrons. The first kappa shape index (κ1) is 10.1. The fourth-order valence-corrected chi connectivity index (χ4v) is 3.27. The van der Waals surface area contributed by atoms with Crippen LogP contribution in [-0.4, -0.2) is 9.97 Å². The topological polar surface area (TPSA) is 28.7 Å². The number of rotatable bonds is 0. The summed E-state index contributed by atoms with van der Waals surface area (Å²) in [5.74, 6) is 0. The Labute approximate surface area is 106 Å². The smallest absolute Gasteiger partial charge is 0.0713 e. The van der Waals surface area contributed by atoms with Crippen LogP contribution in [0.15, 0.2) is 24.3 Å². The van der Waals surface area contributed by atoms with E-state index in [0.717, 1.165) is 11.2 Å². The van der Waals surface area contributed by atoms with E-state index < -0.39 is 0 Å². The molecule has 0 aliphatic heterocycles. The van der Waals surface area contributed by atoms with Gasteiger partial charge in [0.2, 0.25) is 0 Å². The summed E-state index contributed by atoms with van der Waals surface area (Å²) in [5.41, 5.74) is 6.48. The average molecular weight is 236 g/mol. The van der Waals surface area contributed by atoms with Crippen molar-refractivity contribution in [2.45, 2.75) is 32.6 Å². The van der Waals surface area contributed by atoms with Gasteiger partial charge < -0.3 is 4.98 Å². The molecule has 2 aromatic heterocycles. The van der Waals surface area contributed by atoms with Crippen LogP contribution in [0, 0.1) is 6.92 Å². The summed E-state index contributed by atoms with van der Waals surface area (Å²) in [6.45, 7) is 2.11. The van der Waals surface area contributed by atoms with Crippen molar-refractivity contribution in [3.8, 4) is 0 Å². The molecule has 18 heavy (non-hydrogen) atoms. The minimum absolute atomic E-state index is 1.12. The Bertz CT molecular complexity index is 752. The highest BCUT2D eigenvalue weighted by molar-refractivity contribution is 6.08. The number of benzene rings is 1. The third kappa shape index (κ3) is 1.26. The van der Waals surface area contributed by atoms with Crippen molar-refractivity contribution in [3.05, 3.63) is 41.2 Å². The molecule has 0 saturated heterocycles. The predicted octanol–water partition coefficient (Wildman–Crippen LogP) is 3.90. The lowest BCUT2D eigenvalue weighted by atomic mass is 9.94. The maximum atomic E-state index is 4.72. The van der Waals surface area contributed by atoms with Gasteiger partial charge in [-0.3, -0.25) is 4.98 Å². The summed E-state index contributed by atoms with van der Waals surface area (Å²) in [4.78, 5) is 8.33. The van der Waals surface area contributed by atoms with Gasteiger partial charge in [0.05, 0.1) is 16.7 Å². The summed E-state index contributed by atoms with van der Waals surface area (Å²) in [6, 6.07) is 8.50. The second kappa shape index (κ2) is 3.58. The Morgan fingerprint density at radius 1 is 1.11 bits per heavy atom. The van der Waals surface area contributed by atoms with Crippen LogP contribution in [0.2, 0.25) is 0 Å². The lowest BCUT2D eigenvalue weighted by Crippen LogP contribution is -2.00. The zero-order valence-corrected chi connectivity index (χ0v) is 10.6. The van der Waals surface area contributed by atoms with Gasteiger partial charge >= 0.3 is 0 Å². The lowest BCUT2D eigenvalue weighted by molar-refractivity contribution is 0.680. The first-order chi connectivity index (χ1) is 8.84. The first-order valence-corrected chi connectivity index (χ1v) is 6.73. The van der Waals surface area contributed by atoms with E-state index >= 15 is 0 Å². The summed E-state index contributed by atoms with van der Waals surface area (Å²) >= 11 is 0. The van der Waals surface area contributed by atoms with Gasteiger partial charge in [-0.2, -0.15) is 0 Å². The first-order valence-electron chi connectivity index (χ1n) is 6.73. The Hall–Kier alpha value is -1.83. The molecule has 0 amide bonds. The van der Waals surface area contributed by atoms with E-state index in [1.807, 2.05) is 0 Å². The molecule has 0 fully saturated rings. The van der Waals surface area contributed by atoms with E-state index in [2.05, 4.69) is 36.2 Å². The molecule has 0 bridgehead atoms. The van der Waals surface area contributed by atoms with E-state index in [4.69, 9.17) is 4.98 Å². The summed E-state index contributed by atoms with van der Waals surface area (Å²) in [5, 5.41) is 2.73. The van der Waals surface area contributed by atoms with Gasteiger partial charge in [-0.1, -0.05) is 18.2 Å². The number of aryl methyl sites for hydroxylation is 3. The van der Waals surface area contributed by atoms with E-state index in [1.54, 1.807) is 0 Å². The number of aromatic nitrogens is 2. The number of nitrogens with zero attached hydrogens (tertiary/aromatic N) is 1. The molecule has 1 aromatic carbocycles. The monoisotopic (exact) mass is 236 g/mol. The number of aromatic amines is 1. The van der Waals surface area contributed by atoms with Crippen molar-refractivity contribution in [1.29, 1.82) is 0 Å². The molecular weight excluding hydrogens is 220 g/mol. The predicted molar refractivity (Wildman–Crippen MR) is 75.0 cm³/mol. The van der Waals surface area contributed by atoms with Gasteiger partial charge in [0.1, 0.15) is 0 Å². The fraction of sp³-hybridized carbons (Fsp3) is 0.312. The van der Waals surface area contributed by atoms with Crippen LogP contribution in [-0.2, 0) is 12.8 Å². The Kier molecular flexibility index (Phi) is 2.01. The van der Waals surface area contributed by atoms with Crippen LogP contribution in [0.3, 0.4) is 0 Å². The minimum Gasteiger partial charge on any atom is -0.357 e. The number of nitrogens with one attached hydrogen (secondary N) is 1. The van der Waals surface area contributed by atoms with Gasteiger partial charge in [-0.05, 0) is 44.2 Å². The molecule has 2 heterocycles. The van der Waals surface area contributed by atoms with Crippen molar-refractivity contribution in [3.63, 3.8) is 0 Å². The molecule has 2 heteroatoms. The SMILES string of the molecule is Cc1nc2ccccc2c2c3c([nH]c12)CCCC3. The number of para-hydroxylation sites is 1. The summed E-state index contributed by atoms with van der Waals surface area (Å²) in [6.07, 6.45) is 5.03. The number of fused-ring (bicyclic) bond motifs is 5. The van der Waals surface area contributed by atoms with E-state index in [0.29, 0.717) is 0 Å². The average Bonchev–Trinajstić information content (AvgIpc) is 2.79. The molecule has 0 spiro atoms. The van der Waals surface area contributed by atoms with E-state index in [-0.39, 0.29) is 0 Å². The molecule has 0 atom stereocenters. The number of pyridine rings is 1. The second-order valence-electron chi connectivity index (χ2n) is 5.25. The quantitative estimate of drug-likeness (QED) is 0.630. The minimum atomic E-state index is 1.12. The third-order valence-corrected chi connectivity index (χ3v) is 4.12. The highest BCUT2D eigenvalue weighted by atomic mass is 14.8. The van der Waals surface area contributed by atoms with Crippen LogP contribution < -0.4 is 0 Å². The Morgan fingerprint density at radius 2 is 1.94 bits per heavy atom. The highest BCUT2D eigenvalue weighted by Gasteiger charge is 2.18. The maximum Gasteiger partial charge on any atom is 0.0713 e. The molecule has 1 aliphatic rings. The van der Waals surface area contributed by atoms with E-state index in [9.17, 15) is 0 Å². The zero-order valence-electron chi connectivity index (χ0n) is 10.6. The molecule has 4 rings (SSSR count). The van der Waals surface area contributed by atoms with Crippen LogP contribution in [0.25, 0.3) is 21.8 Å². The van der Waals surface area contributed by atoms with Crippen molar-refractivity contribution in [2.75, 3.05) is 0 Å². The number of hydrogen-bond donors (Lipinski definition) is 1. The molecule has 0 unspecified atom stereocenters. The summed E-state index contributed by atoms with van der Waals surface area (Å²) < 4.78 is 0. The fourth-order valence-electron chi connectivity index (χ4n) is 3.27. The standard InChI is InChI=1S/C16H16N2/c1-10-16-15(11-6-2-4-8-13(11)17-10)12-7-3-5-9-14(12)18-16/h2,4,6,8,18H,3,5,7,9H2,1H3. The molecule has 90 valence electrons. The second-order valence-corrected chi connectivity index (χ2v) is 5.25. The van der Waals surface area contributed by atoms with Gasteiger partial charge in [-0.15, -0.1) is 0 Å². The Balaban J connectivity index is 2.24. The number of H-pyrrole nitrogens is 1. The van der Waals surface area contributed by atoms with Gasteiger partial charge in [0.15, 0.2) is 0 Å². The van der Waals surface area contributed by atoms with E-state index in [1.165, 1.54) is 53.2 Å². The van der Waals surface area contributed by atoms with Crippen LogP contribution in [0.1, 0.15) is 29.8 Å². The normalized spacial score (nSPS) is 15.2. The van der Waals surface area contributed by atoms with Gasteiger partial charge in [0.25, 0.3) is 0 Å². The highest BCUT2D eigenvalue weighted by Crippen LogP contribution is 2.34. The molecule has 2 nitrogen and oxygen atoms in total. The summed E-state index contributed by atoms with van der Waals surface area (Å²) in [7, 11) is 0. The molecule has 3 aromatic rings. The van der Waals surface area contributed by atoms with Crippen molar-refractivity contribution in [2.24, 2.45) is 0 Å². The number of hydrogen-bond acceptors (Lipinski definition) is 1. The van der Waals surface area contributed by atoms with Crippen molar-refractivity contribution >= 4 is 21.8 Å². The van der Waals surface area contributed by atoms with Crippen molar-refractivity contribution in [1.82, 2.24) is 9.97 Å². The zero-order chi connectivity index (χ0) is 12.1. The Morgan fingerprint density at radius 3 is 2.89 bits per heavy atom. The van der Waals surface area contributed by atoms with Crippen molar-refractivity contribution < 1.29 is 0 Å². The van der Waals surface area contributed by atoms with Crippen LogP contribution in [0.4, 0.5) is 0 Å². The largest absolute Gasteiger partial charge is 0.357 e. The molecular formula is C16H16N2. The molecule has 1 N–H and O–H groups in total. The van der Waals surface area contributed by atoms with Gasteiger partial charge in [0, 0.05) is 16.5 Å². The van der Waals surface area contributed by atoms with Crippen LogP contribution in [0.5, 0.6) is 0 Å². The lowest BCUT2D eigenvalue weighted by Gasteiger charge is -2.11. The molecule has 0 saturated carbocycles. The van der Waals surface area contributed by atoms with Crippen LogP contribution >= 0.6 is 0 Å². The maximum absolute atomic E-state index is 4.72. The van der Waals surface area contributed by atoms with Gasteiger partial charge in [-0.25, -0.2) is 0 Å². The third-order valence-electron chi connectivity index (χ3n) is 4.12.